The zero-order chi connectivity index (χ0) is 19.3. The number of nitrogens with zero attached hydrogens (tertiary/aromatic N) is 3. The molecule has 1 saturated heterocycles. The van der Waals surface area contributed by atoms with Crippen molar-refractivity contribution in [1.29, 1.82) is 0 Å². The Morgan fingerprint density at radius 2 is 1.86 bits per heavy atom. The van der Waals surface area contributed by atoms with Gasteiger partial charge < -0.3 is 9.64 Å². The third-order valence-electron chi connectivity index (χ3n) is 4.64. The molecule has 0 radical (unpaired) electrons. The number of carbonyl (C=O) groups excluding carboxylic acids is 1. The number of hydrogen-bond donors (Lipinski definition) is 0. The Morgan fingerprint density at radius 1 is 1.07 bits per heavy atom. The highest BCUT2D eigenvalue weighted by molar-refractivity contribution is 9.10. The van der Waals surface area contributed by atoms with Crippen molar-refractivity contribution >= 4 is 33.2 Å². The average Bonchev–Trinajstić information content (AvgIpc) is 3.23. The largest absolute Gasteiger partial charge is 0.439 e. The fraction of sp³-hybridized carbons (Fsp3) is 0.238. The van der Waals surface area contributed by atoms with Gasteiger partial charge in [-0.3, -0.25) is 9.69 Å². The van der Waals surface area contributed by atoms with Gasteiger partial charge in [-0.1, -0.05) is 22.0 Å². The van der Waals surface area contributed by atoms with Gasteiger partial charge in [-0.05, 0) is 41.8 Å². The number of thiophene rings is 1. The van der Waals surface area contributed by atoms with Crippen LogP contribution in [0.1, 0.15) is 15.2 Å². The molecule has 7 heteroatoms. The highest BCUT2D eigenvalue weighted by atomic mass is 79.9. The molecule has 0 atom stereocenters. The molecule has 0 unspecified atom stereocenters. The molecule has 0 N–H and O–H groups in total. The standard InChI is InChI=1S/C21H20BrN3O2S/c22-17-4-6-18(7-5-17)27-20-8-3-16(14-23-20)21(26)25-11-9-24(10-12-25)15-19-2-1-13-28-19/h1-8,13-14H,9-12,15H2. The molecule has 0 aliphatic carbocycles. The Hall–Kier alpha value is -2.22. The van der Waals surface area contributed by atoms with Crippen molar-refractivity contribution in [1.82, 2.24) is 14.8 Å². The highest BCUT2D eigenvalue weighted by Crippen LogP contribution is 2.22. The maximum atomic E-state index is 12.8. The Bertz CT molecular complexity index is 906. The molecule has 5 nitrogen and oxygen atoms in total. The van der Waals surface area contributed by atoms with Gasteiger partial charge in [-0.2, -0.15) is 0 Å². The molecule has 3 aromatic rings. The van der Waals surface area contributed by atoms with Gasteiger partial charge in [0.05, 0.1) is 5.56 Å². The summed E-state index contributed by atoms with van der Waals surface area (Å²) in [7, 11) is 0. The van der Waals surface area contributed by atoms with E-state index in [0.717, 1.165) is 37.2 Å². The van der Waals surface area contributed by atoms with Crippen LogP contribution in [0, 0.1) is 0 Å². The lowest BCUT2D eigenvalue weighted by molar-refractivity contribution is 0.0629. The normalized spacial score (nSPS) is 14.8. The van der Waals surface area contributed by atoms with Crippen LogP contribution < -0.4 is 4.74 Å². The number of carbonyl (C=O) groups is 1. The summed E-state index contributed by atoms with van der Waals surface area (Å²) in [6.07, 6.45) is 1.59. The number of aromatic nitrogens is 1. The highest BCUT2D eigenvalue weighted by Gasteiger charge is 2.22. The van der Waals surface area contributed by atoms with E-state index in [9.17, 15) is 4.79 Å². The number of pyridine rings is 1. The van der Waals surface area contributed by atoms with Gasteiger partial charge >= 0.3 is 0 Å². The van der Waals surface area contributed by atoms with Gasteiger partial charge in [0.1, 0.15) is 5.75 Å². The fourth-order valence-corrected chi connectivity index (χ4v) is 4.12. The van der Waals surface area contributed by atoms with Crippen LogP contribution in [0.15, 0.2) is 64.6 Å². The number of hydrogen-bond acceptors (Lipinski definition) is 5. The molecule has 0 bridgehead atoms. The summed E-state index contributed by atoms with van der Waals surface area (Å²) in [4.78, 5) is 22.7. The fourth-order valence-electron chi connectivity index (χ4n) is 3.11. The Labute approximate surface area is 176 Å². The predicted molar refractivity (Wildman–Crippen MR) is 114 cm³/mol. The molecule has 1 fully saturated rings. The van der Waals surface area contributed by atoms with E-state index in [1.54, 1.807) is 29.7 Å². The number of halogens is 1. The molecule has 1 amide bonds. The maximum absolute atomic E-state index is 12.8. The van der Waals surface area contributed by atoms with Crippen molar-refractivity contribution < 1.29 is 9.53 Å². The first-order valence-electron chi connectivity index (χ1n) is 9.11. The third kappa shape index (κ3) is 4.79. The van der Waals surface area contributed by atoms with Crippen LogP contribution in [0.3, 0.4) is 0 Å². The summed E-state index contributed by atoms with van der Waals surface area (Å²) >= 11 is 5.17. The summed E-state index contributed by atoms with van der Waals surface area (Å²) < 4.78 is 6.71. The smallest absolute Gasteiger partial charge is 0.255 e. The van der Waals surface area contributed by atoms with Crippen molar-refractivity contribution in [3.63, 3.8) is 0 Å². The minimum absolute atomic E-state index is 0.0264. The van der Waals surface area contributed by atoms with E-state index >= 15 is 0 Å². The molecule has 1 aliphatic heterocycles. The van der Waals surface area contributed by atoms with Crippen LogP contribution >= 0.6 is 27.3 Å². The first-order valence-corrected chi connectivity index (χ1v) is 10.8. The van der Waals surface area contributed by atoms with E-state index in [1.807, 2.05) is 29.2 Å². The van der Waals surface area contributed by atoms with E-state index in [0.29, 0.717) is 17.2 Å². The topological polar surface area (TPSA) is 45.7 Å². The lowest BCUT2D eigenvalue weighted by Gasteiger charge is -2.34. The number of amides is 1. The van der Waals surface area contributed by atoms with Gasteiger partial charge in [0.15, 0.2) is 0 Å². The molecule has 1 aromatic carbocycles. The SMILES string of the molecule is O=C(c1ccc(Oc2ccc(Br)cc2)nc1)N1CCN(Cc2cccs2)CC1. The van der Waals surface area contributed by atoms with Crippen LogP contribution in [0.2, 0.25) is 0 Å². The summed E-state index contributed by atoms with van der Waals surface area (Å²) in [5, 5.41) is 2.10. The summed E-state index contributed by atoms with van der Waals surface area (Å²) in [5.74, 6) is 1.20. The Balaban J connectivity index is 1.31. The van der Waals surface area contributed by atoms with Gasteiger partial charge in [-0.25, -0.2) is 4.98 Å². The van der Waals surface area contributed by atoms with Crippen LogP contribution in [-0.4, -0.2) is 46.9 Å². The molecule has 1 aliphatic rings. The first kappa shape index (κ1) is 19.1. The van der Waals surface area contributed by atoms with Crippen LogP contribution in [-0.2, 0) is 6.54 Å². The van der Waals surface area contributed by atoms with Gasteiger partial charge in [-0.15, -0.1) is 11.3 Å². The van der Waals surface area contributed by atoms with Gasteiger partial charge in [0.2, 0.25) is 5.88 Å². The van der Waals surface area contributed by atoms with E-state index in [-0.39, 0.29) is 5.91 Å². The summed E-state index contributed by atoms with van der Waals surface area (Å²) in [6.45, 7) is 4.22. The average molecular weight is 458 g/mol. The summed E-state index contributed by atoms with van der Waals surface area (Å²) in [6, 6.07) is 15.3. The molecule has 4 rings (SSSR count). The molecular weight excluding hydrogens is 438 g/mol. The Morgan fingerprint density at radius 3 is 2.50 bits per heavy atom. The molecule has 28 heavy (non-hydrogen) atoms. The number of benzene rings is 1. The second-order valence-corrected chi connectivity index (χ2v) is 8.54. The van der Waals surface area contributed by atoms with Gasteiger partial charge in [0, 0.05) is 54.3 Å². The molecule has 0 saturated carbocycles. The van der Waals surface area contributed by atoms with Crippen molar-refractivity contribution in [2.24, 2.45) is 0 Å². The monoisotopic (exact) mass is 457 g/mol. The van der Waals surface area contributed by atoms with Crippen LogP contribution in [0.5, 0.6) is 11.6 Å². The molecule has 0 spiro atoms. The third-order valence-corrected chi connectivity index (χ3v) is 6.03. The van der Waals surface area contributed by atoms with Gasteiger partial charge in [0.25, 0.3) is 5.91 Å². The lowest BCUT2D eigenvalue weighted by Crippen LogP contribution is -2.48. The van der Waals surface area contributed by atoms with Crippen LogP contribution in [0.4, 0.5) is 0 Å². The minimum Gasteiger partial charge on any atom is -0.439 e. The van der Waals surface area contributed by atoms with Crippen molar-refractivity contribution in [2.45, 2.75) is 6.54 Å². The molecular formula is C21H20BrN3O2S. The second kappa shape index (κ2) is 8.86. The molecule has 144 valence electrons. The number of ether oxygens (including phenoxy) is 1. The minimum atomic E-state index is 0.0264. The molecule has 2 aromatic heterocycles. The van der Waals surface area contributed by atoms with Crippen molar-refractivity contribution in [3.05, 3.63) is 75.0 Å². The Kier molecular flexibility index (Phi) is 6.04. The quantitative estimate of drug-likeness (QED) is 0.558. The zero-order valence-electron chi connectivity index (χ0n) is 15.3. The summed E-state index contributed by atoms with van der Waals surface area (Å²) in [5.41, 5.74) is 0.592. The van der Waals surface area contributed by atoms with E-state index < -0.39 is 0 Å². The lowest BCUT2D eigenvalue weighted by atomic mass is 10.2. The number of rotatable bonds is 5. The van der Waals surface area contributed by atoms with E-state index in [4.69, 9.17) is 4.74 Å². The number of piperazine rings is 1. The first-order chi connectivity index (χ1) is 13.7. The second-order valence-electron chi connectivity index (χ2n) is 6.59. The van der Waals surface area contributed by atoms with E-state index in [2.05, 4.69) is 43.3 Å². The maximum Gasteiger partial charge on any atom is 0.255 e. The van der Waals surface area contributed by atoms with Crippen molar-refractivity contribution in [3.8, 4) is 11.6 Å². The van der Waals surface area contributed by atoms with Crippen molar-refractivity contribution in [2.75, 3.05) is 26.2 Å². The predicted octanol–water partition coefficient (Wildman–Crippen LogP) is 4.66. The molecule has 3 heterocycles. The van der Waals surface area contributed by atoms with E-state index in [1.165, 1.54) is 4.88 Å². The zero-order valence-corrected chi connectivity index (χ0v) is 17.7. The van der Waals surface area contributed by atoms with Crippen LogP contribution in [0.25, 0.3) is 0 Å².